The molecule has 0 unspecified atom stereocenters. The Balaban J connectivity index is 2.33. The van der Waals surface area contributed by atoms with Gasteiger partial charge in [-0.1, -0.05) is 0 Å². The van der Waals surface area contributed by atoms with Crippen LogP contribution in [0.1, 0.15) is 6.92 Å². The number of carbonyl (C=O) groups is 1. The third kappa shape index (κ3) is 1.20. The number of rotatable bonds is 0. The number of ether oxygens (including phenoxy) is 1. The van der Waals surface area contributed by atoms with E-state index in [-0.39, 0.29) is 13.1 Å². The third-order valence-electron chi connectivity index (χ3n) is 1.47. The Morgan fingerprint density at radius 3 is 2.50 bits per heavy atom. The molecule has 0 spiro atoms. The van der Waals surface area contributed by atoms with Crippen LogP contribution in [0.25, 0.3) is 0 Å². The van der Waals surface area contributed by atoms with Crippen molar-refractivity contribution in [2.45, 2.75) is 12.6 Å². The van der Waals surface area contributed by atoms with Crippen LogP contribution in [0.15, 0.2) is 0 Å². The normalized spacial score (nSPS) is 21.7. The average molecular weight is 147 g/mol. The monoisotopic (exact) mass is 147 g/mol. The minimum absolute atomic E-state index is 0.152. The highest BCUT2D eigenvalue weighted by Crippen LogP contribution is 2.24. The Kier molecular flexibility index (Phi) is 1.54. The second-order valence-corrected chi connectivity index (χ2v) is 2.74. The number of nitrogens with zero attached hydrogens (tertiary/aromatic N) is 1. The molecule has 1 heterocycles. The average Bonchev–Trinajstić information content (AvgIpc) is 1.81. The quantitative estimate of drug-likeness (QED) is 0.507. The molecule has 0 atom stereocenters. The fourth-order valence-electron chi connectivity index (χ4n) is 1.01. The number of amides is 1. The van der Waals surface area contributed by atoms with Crippen molar-refractivity contribution in [1.82, 2.24) is 4.90 Å². The lowest BCUT2D eigenvalue weighted by atomic mass is 10.0. The molecule has 0 bridgehead atoms. The van der Waals surface area contributed by atoms with Crippen LogP contribution in [0, 0.1) is 0 Å². The van der Waals surface area contributed by atoms with E-state index in [0.29, 0.717) is 0 Å². The summed E-state index contributed by atoms with van der Waals surface area (Å²) in [6.07, 6.45) is -0.449. The molecule has 0 N–H and O–H groups in total. The summed E-state index contributed by atoms with van der Waals surface area (Å²) < 4.78 is 17.1. The van der Waals surface area contributed by atoms with Crippen molar-refractivity contribution >= 4 is 6.09 Å². The Bertz CT molecular complexity index is 150. The number of hydrogen-bond donors (Lipinski definition) is 0. The first kappa shape index (κ1) is 7.31. The maximum Gasteiger partial charge on any atom is 0.409 e. The molecule has 4 heteroatoms. The van der Waals surface area contributed by atoms with E-state index in [1.807, 2.05) is 0 Å². The van der Waals surface area contributed by atoms with Gasteiger partial charge in [0.25, 0.3) is 0 Å². The molecule has 0 saturated carbocycles. The zero-order chi connectivity index (χ0) is 7.78. The van der Waals surface area contributed by atoms with Gasteiger partial charge in [0, 0.05) is 0 Å². The molecule has 0 aromatic carbocycles. The van der Waals surface area contributed by atoms with Gasteiger partial charge in [0.15, 0.2) is 0 Å². The van der Waals surface area contributed by atoms with E-state index in [1.165, 1.54) is 18.9 Å². The van der Waals surface area contributed by atoms with Gasteiger partial charge in [0.2, 0.25) is 0 Å². The molecule has 3 nitrogen and oxygen atoms in total. The van der Waals surface area contributed by atoms with E-state index in [0.717, 1.165) is 0 Å². The molecule has 1 aliphatic heterocycles. The van der Waals surface area contributed by atoms with Gasteiger partial charge in [0.05, 0.1) is 20.2 Å². The largest absolute Gasteiger partial charge is 0.453 e. The number of methoxy groups -OCH3 is 1. The Hall–Kier alpha value is -0.800. The Labute approximate surface area is 58.8 Å². The Morgan fingerprint density at radius 1 is 1.70 bits per heavy atom. The predicted molar refractivity (Wildman–Crippen MR) is 33.5 cm³/mol. The molecule has 1 amide bonds. The first-order valence-corrected chi connectivity index (χ1v) is 3.07. The van der Waals surface area contributed by atoms with Crippen molar-refractivity contribution in [3.63, 3.8) is 0 Å². The van der Waals surface area contributed by atoms with E-state index in [1.54, 1.807) is 0 Å². The summed E-state index contributed by atoms with van der Waals surface area (Å²) in [5.74, 6) is 0. The van der Waals surface area contributed by atoms with Gasteiger partial charge < -0.3 is 9.64 Å². The molecule has 1 fully saturated rings. The number of halogens is 1. The van der Waals surface area contributed by atoms with Crippen LogP contribution in [0.4, 0.5) is 9.18 Å². The molecule has 0 aromatic heterocycles. The zero-order valence-electron chi connectivity index (χ0n) is 6.06. The van der Waals surface area contributed by atoms with E-state index in [2.05, 4.69) is 4.74 Å². The highest BCUT2D eigenvalue weighted by Gasteiger charge is 2.42. The van der Waals surface area contributed by atoms with Gasteiger partial charge in [-0.2, -0.15) is 0 Å². The van der Waals surface area contributed by atoms with E-state index in [9.17, 15) is 9.18 Å². The highest BCUT2D eigenvalue weighted by atomic mass is 19.1. The lowest BCUT2D eigenvalue weighted by molar-refractivity contribution is -0.0118. The zero-order valence-corrected chi connectivity index (χ0v) is 6.06. The molecule has 1 rings (SSSR count). The first-order chi connectivity index (χ1) is 4.55. The first-order valence-electron chi connectivity index (χ1n) is 3.07. The van der Waals surface area contributed by atoms with E-state index in [4.69, 9.17) is 0 Å². The van der Waals surface area contributed by atoms with Gasteiger partial charge in [0.1, 0.15) is 5.67 Å². The summed E-state index contributed by atoms with van der Waals surface area (Å²) in [7, 11) is 1.29. The van der Waals surface area contributed by atoms with Crippen LogP contribution in [0.5, 0.6) is 0 Å². The summed E-state index contributed by atoms with van der Waals surface area (Å²) >= 11 is 0. The molecule has 0 aliphatic carbocycles. The minimum atomic E-state index is -1.20. The Morgan fingerprint density at radius 2 is 2.20 bits per heavy atom. The molecule has 0 aromatic rings. The summed E-state index contributed by atoms with van der Waals surface area (Å²) in [6, 6.07) is 0. The minimum Gasteiger partial charge on any atom is -0.453 e. The van der Waals surface area contributed by atoms with Crippen LogP contribution in [-0.2, 0) is 4.74 Å². The summed E-state index contributed by atoms with van der Waals surface area (Å²) in [5.41, 5.74) is -1.20. The summed E-state index contributed by atoms with van der Waals surface area (Å²) in [5, 5.41) is 0. The lowest BCUT2D eigenvalue weighted by Crippen LogP contribution is -2.59. The highest BCUT2D eigenvalue weighted by molar-refractivity contribution is 5.68. The molecule has 1 aliphatic rings. The number of hydrogen-bond acceptors (Lipinski definition) is 2. The second-order valence-electron chi connectivity index (χ2n) is 2.74. The molecule has 1 saturated heterocycles. The van der Waals surface area contributed by atoms with E-state index < -0.39 is 11.8 Å². The molecular weight excluding hydrogens is 137 g/mol. The van der Waals surface area contributed by atoms with Crippen molar-refractivity contribution < 1.29 is 13.9 Å². The third-order valence-corrected chi connectivity index (χ3v) is 1.47. The van der Waals surface area contributed by atoms with Gasteiger partial charge in [-0.15, -0.1) is 0 Å². The van der Waals surface area contributed by atoms with Crippen LogP contribution in [0.2, 0.25) is 0 Å². The van der Waals surface area contributed by atoms with Crippen LogP contribution < -0.4 is 0 Å². The van der Waals surface area contributed by atoms with Crippen molar-refractivity contribution in [3.05, 3.63) is 0 Å². The van der Waals surface area contributed by atoms with Gasteiger partial charge in [-0.25, -0.2) is 9.18 Å². The van der Waals surface area contributed by atoms with Gasteiger partial charge in [-0.05, 0) is 6.92 Å². The van der Waals surface area contributed by atoms with Gasteiger partial charge >= 0.3 is 6.09 Å². The van der Waals surface area contributed by atoms with E-state index >= 15 is 0 Å². The SMILES string of the molecule is COC(=O)N1CC(C)(F)C1. The predicted octanol–water partition coefficient (Wildman–Crippen LogP) is 0.797. The van der Waals surface area contributed by atoms with Crippen molar-refractivity contribution in [2.24, 2.45) is 0 Å². The maximum absolute atomic E-state index is 12.7. The lowest BCUT2D eigenvalue weighted by Gasteiger charge is -2.40. The molecule has 0 radical (unpaired) electrons. The van der Waals surface area contributed by atoms with Crippen LogP contribution in [-0.4, -0.2) is 36.9 Å². The van der Waals surface area contributed by atoms with Crippen molar-refractivity contribution in [3.8, 4) is 0 Å². The fraction of sp³-hybridized carbons (Fsp3) is 0.833. The molecular formula is C6H10FNO2. The van der Waals surface area contributed by atoms with Crippen LogP contribution in [0.3, 0.4) is 0 Å². The fourth-order valence-corrected chi connectivity index (χ4v) is 1.01. The number of carbonyl (C=O) groups excluding carboxylic acids is 1. The topological polar surface area (TPSA) is 29.5 Å². The number of likely N-dealkylation sites (tertiary alicyclic amines) is 1. The molecule has 10 heavy (non-hydrogen) atoms. The van der Waals surface area contributed by atoms with Crippen molar-refractivity contribution in [2.75, 3.05) is 20.2 Å². The van der Waals surface area contributed by atoms with Crippen LogP contribution >= 0.6 is 0 Å². The standard InChI is InChI=1S/C6H10FNO2/c1-6(7)3-8(4-6)5(9)10-2/h3-4H2,1-2H3. The maximum atomic E-state index is 12.7. The second kappa shape index (κ2) is 2.11. The van der Waals surface area contributed by atoms with Gasteiger partial charge in [-0.3, -0.25) is 0 Å². The summed E-state index contributed by atoms with van der Waals surface area (Å²) in [6.45, 7) is 1.77. The van der Waals surface area contributed by atoms with Crippen molar-refractivity contribution in [1.29, 1.82) is 0 Å². The number of alkyl halides is 1. The summed E-state index contributed by atoms with van der Waals surface area (Å²) in [4.78, 5) is 11.9. The smallest absolute Gasteiger partial charge is 0.409 e. The molecule has 58 valence electrons.